The highest BCUT2D eigenvalue weighted by molar-refractivity contribution is 7.98. The van der Waals surface area contributed by atoms with Gasteiger partial charge in [-0.1, -0.05) is 36.0 Å². The molecule has 3 aromatic heterocycles. The maximum Gasteiger partial charge on any atom is 0.290 e. The zero-order valence-corrected chi connectivity index (χ0v) is 13.9. The number of rotatable bonds is 4. The van der Waals surface area contributed by atoms with Crippen molar-refractivity contribution in [3.05, 3.63) is 69.6 Å². The maximum atomic E-state index is 13.7. The molecule has 1 aromatic carbocycles. The van der Waals surface area contributed by atoms with Gasteiger partial charge in [-0.15, -0.1) is 16.4 Å². The van der Waals surface area contributed by atoms with Gasteiger partial charge in [-0.25, -0.2) is 14.0 Å². The molecular formula is C16H11FN4OS2. The molecule has 0 amide bonds. The van der Waals surface area contributed by atoms with Crippen molar-refractivity contribution in [2.45, 2.75) is 10.9 Å². The van der Waals surface area contributed by atoms with Crippen LogP contribution in [0.4, 0.5) is 4.39 Å². The molecule has 4 aromatic rings. The summed E-state index contributed by atoms with van der Waals surface area (Å²) in [6.07, 6.45) is 0. The van der Waals surface area contributed by atoms with Crippen molar-refractivity contribution < 1.29 is 4.39 Å². The van der Waals surface area contributed by atoms with Gasteiger partial charge in [0.05, 0.1) is 4.88 Å². The summed E-state index contributed by atoms with van der Waals surface area (Å²) >= 11 is 2.87. The van der Waals surface area contributed by atoms with Crippen molar-refractivity contribution in [3.63, 3.8) is 0 Å². The standard InChI is InChI=1S/C16H11FN4OS2/c17-11-5-2-1-4-10(11)9-24-16-19-18-15(22)13-8-12(20-21(13)16)14-6-3-7-23-14/h1-8H,9H2,(H,18,22). The largest absolute Gasteiger partial charge is 0.290 e. The van der Waals surface area contributed by atoms with E-state index in [9.17, 15) is 9.18 Å². The third kappa shape index (κ3) is 2.74. The number of aromatic nitrogens is 4. The van der Waals surface area contributed by atoms with E-state index in [1.165, 1.54) is 22.3 Å². The minimum Gasteiger partial charge on any atom is -0.266 e. The number of thioether (sulfide) groups is 1. The van der Waals surface area contributed by atoms with E-state index < -0.39 is 0 Å². The average Bonchev–Trinajstić information content (AvgIpc) is 3.25. The van der Waals surface area contributed by atoms with E-state index in [0.29, 0.717) is 22.0 Å². The Labute approximate surface area is 144 Å². The summed E-state index contributed by atoms with van der Waals surface area (Å²) < 4.78 is 15.3. The molecule has 0 spiro atoms. The van der Waals surface area contributed by atoms with Gasteiger partial charge in [0.25, 0.3) is 5.56 Å². The minimum atomic E-state index is -0.305. The molecule has 0 fully saturated rings. The van der Waals surface area contributed by atoms with E-state index in [2.05, 4.69) is 15.3 Å². The molecule has 0 saturated heterocycles. The summed E-state index contributed by atoms with van der Waals surface area (Å²) in [6.45, 7) is 0. The number of aromatic amines is 1. The first-order valence-electron chi connectivity index (χ1n) is 7.11. The first-order chi connectivity index (χ1) is 11.7. The molecule has 3 heterocycles. The Bertz CT molecular complexity index is 1060. The Morgan fingerprint density at radius 3 is 2.92 bits per heavy atom. The molecule has 0 atom stereocenters. The van der Waals surface area contributed by atoms with Crippen LogP contribution in [0.15, 0.2) is 57.8 Å². The smallest absolute Gasteiger partial charge is 0.266 e. The normalized spacial score (nSPS) is 11.2. The zero-order chi connectivity index (χ0) is 16.5. The first kappa shape index (κ1) is 15.1. The molecule has 24 heavy (non-hydrogen) atoms. The van der Waals surface area contributed by atoms with Crippen LogP contribution in [0.2, 0.25) is 0 Å². The van der Waals surface area contributed by atoms with Gasteiger partial charge in [-0.3, -0.25) is 4.79 Å². The van der Waals surface area contributed by atoms with Crippen molar-refractivity contribution in [1.82, 2.24) is 19.8 Å². The lowest BCUT2D eigenvalue weighted by Gasteiger charge is -2.04. The predicted molar refractivity (Wildman–Crippen MR) is 92.9 cm³/mol. The van der Waals surface area contributed by atoms with Crippen LogP contribution in [-0.4, -0.2) is 19.8 Å². The first-order valence-corrected chi connectivity index (χ1v) is 8.97. The van der Waals surface area contributed by atoms with Crippen LogP contribution in [0, 0.1) is 5.82 Å². The van der Waals surface area contributed by atoms with Crippen LogP contribution in [0.3, 0.4) is 0 Å². The third-order valence-corrected chi connectivity index (χ3v) is 5.33. The number of nitrogens with one attached hydrogen (secondary N) is 1. The van der Waals surface area contributed by atoms with E-state index in [4.69, 9.17) is 0 Å². The fraction of sp³-hybridized carbons (Fsp3) is 0.0625. The summed E-state index contributed by atoms with van der Waals surface area (Å²) in [4.78, 5) is 13.0. The number of benzene rings is 1. The van der Waals surface area contributed by atoms with Crippen molar-refractivity contribution in [2.24, 2.45) is 0 Å². The highest BCUT2D eigenvalue weighted by Gasteiger charge is 2.13. The van der Waals surface area contributed by atoms with Crippen molar-refractivity contribution >= 4 is 28.6 Å². The molecule has 4 rings (SSSR count). The van der Waals surface area contributed by atoms with Crippen LogP contribution >= 0.6 is 23.1 Å². The molecule has 0 unspecified atom stereocenters. The minimum absolute atomic E-state index is 0.259. The second-order valence-corrected chi connectivity index (χ2v) is 6.91. The molecule has 0 bridgehead atoms. The Morgan fingerprint density at radius 2 is 2.12 bits per heavy atom. The molecule has 0 saturated carbocycles. The number of H-pyrrole nitrogens is 1. The predicted octanol–water partition coefficient (Wildman–Crippen LogP) is 3.58. The topological polar surface area (TPSA) is 63.0 Å². The average molecular weight is 358 g/mol. The second kappa shape index (κ2) is 6.21. The van der Waals surface area contributed by atoms with Gasteiger partial charge >= 0.3 is 0 Å². The van der Waals surface area contributed by atoms with E-state index in [0.717, 1.165) is 10.6 Å². The Morgan fingerprint density at radius 1 is 1.25 bits per heavy atom. The van der Waals surface area contributed by atoms with Crippen LogP contribution in [0.25, 0.3) is 16.1 Å². The monoisotopic (exact) mass is 358 g/mol. The van der Waals surface area contributed by atoms with Crippen LogP contribution in [0.5, 0.6) is 0 Å². The van der Waals surface area contributed by atoms with Crippen molar-refractivity contribution in [3.8, 4) is 10.6 Å². The van der Waals surface area contributed by atoms with Gasteiger partial charge in [0.1, 0.15) is 17.0 Å². The fourth-order valence-electron chi connectivity index (χ4n) is 2.29. The quantitative estimate of drug-likeness (QED) is 0.567. The third-order valence-electron chi connectivity index (χ3n) is 3.46. The Hall–Kier alpha value is -2.45. The van der Waals surface area contributed by atoms with Gasteiger partial charge in [0.2, 0.25) is 5.16 Å². The van der Waals surface area contributed by atoms with Gasteiger partial charge in [0, 0.05) is 5.75 Å². The molecule has 1 N–H and O–H groups in total. The summed E-state index contributed by atoms with van der Waals surface area (Å²) in [7, 11) is 0. The van der Waals surface area contributed by atoms with E-state index in [1.54, 1.807) is 35.6 Å². The maximum absolute atomic E-state index is 13.7. The fourth-order valence-corrected chi connectivity index (χ4v) is 3.86. The van der Waals surface area contributed by atoms with Crippen LogP contribution < -0.4 is 5.56 Å². The lowest BCUT2D eigenvalue weighted by molar-refractivity contribution is 0.617. The summed E-state index contributed by atoms with van der Waals surface area (Å²) in [5.74, 6) is 0.139. The van der Waals surface area contributed by atoms with E-state index >= 15 is 0 Å². The van der Waals surface area contributed by atoms with Gasteiger partial charge < -0.3 is 0 Å². The number of hydrogen-bond donors (Lipinski definition) is 1. The van der Waals surface area contributed by atoms with Gasteiger partial charge in [-0.05, 0) is 29.1 Å². The second-order valence-electron chi connectivity index (χ2n) is 5.02. The summed E-state index contributed by atoms with van der Waals surface area (Å²) in [5, 5.41) is 13.5. The molecule has 0 aliphatic rings. The van der Waals surface area contributed by atoms with Crippen molar-refractivity contribution in [2.75, 3.05) is 0 Å². The number of thiophene rings is 1. The number of halogens is 1. The summed E-state index contributed by atoms with van der Waals surface area (Å²) in [6, 6.07) is 12.2. The van der Waals surface area contributed by atoms with E-state index in [-0.39, 0.29) is 11.4 Å². The molecule has 0 radical (unpaired) electrons. The van der Waals surface area contributed by atoms with Crippen LogP contribution in [0.1, 0.15) is 5.56 Å². The Kier molecular flexibility index (Phi) is 3.91. The lowest BCUT2D eigenvalue weighted by Crippen LogP contribution is -2.13. The zero-order valence-electron chi connectivity index (χ0n) is 12.3. The molecule has 0 aliphatic heterocycles. The molecule has 5 nitrogen and oxygen atoms in total. The van der Waals surface area contributed by atoms with Crippen LogP contribution in [-0.2, 0) is 5.75 Å². The van der Waals surface area contributed by atoms with Gasteiger partial charge in [-0.2, -0.15) is 5.10 Å². The molecule has 120 valence electrons. The van der Waals surface area contributed by atoms with Crippen molar-refractivity contribution in [1.29, 1.82) is 0 Å². The van der Waals surface area contributed by atoms with Gasteiger partial charge in [0.15, 0.2) is 0 Å². The molecule has 8 heteroatoms. The van der Waals surface area contributed by atoms with E-state index in [1.807, 2.05) is 17.5 Å². The highest BCUT2D eigenvalue weighted by Crippen LogP contribution is 2.26. The number of nitrogens with zero attached hydrogens (tertiary/aromatic N) is 3. The molecule has 0 aliphatic carbocycles. The Balaban J connectivity index is 1.72. The summed E-state index contributed by atoms with van der Waals surface area (Å²) in [5.41, 5.74) is 1.41. The number of hydrogen-bond acceptors (Lipinski definition) is 5. The lowest BCUT2D eigenvalue weighted by atomic mass is 10.2. The molecular weight excluding hydrogens is 347 g/mol. The highest BCUT2D eigenvalue weighted by atomic mass is 32.2. The number of fused-ring (bicyclic) bond motifs is 1. The SMILES string of the molecule is O=c1[nH]nc(SCc2ccccc2F)n2nc(-c3cccs3)cc12.